The molecule has 0 heterocycles. The van der Waals surface area contributed by atoms with Gasteiger partial charge in [0.25, 0.3) is 0 Å². The number of rotatable bonds is 4. The Morgan fingerprint density at radius 2 is 1.75 bits per heavy atom. The molecule has 0 saturated heterocycles. The van der Waals surface area contributed by atoms with E-state index in [1.54, 1.807) is 0 Å². The van der Waals surface area contributed by atoms with Crippen LogP contribution in [-0.4, -0.2) is 11.2 Å². The predicted molar refractivity (Wildman–Crippen MR) is 89.8 cm³/mol. The second kappa shape index (κ2) is 6.91. The first kappa shape index (κ1) is 14.3. The van der Waals surface area contributed by atoms with E-state index in [0.29, 0.717) is 5.11 Å². The molecule has 4 heteroatoms. The summed E-state index contributed by atoms with van der Waals surface area (Å²) in [5.74, 6) is 0. The van der Waals surface area contributed by atoms with E-state index in [-0.39, 0.29) is 6.04 Å². The van der Waals surface area contributed by atoms with Crippen LogP contribution in [0.1, 0.15) is 12.5 Å². The molecule has 1 unspecified atom stereocenters. The average Bonchev–Trinajstić information content (AvgIpc) is 2.42. The molecule has 1 atom stereocenters. The SMILES string of the molecule is CC(Cc1ccccc1)NC(=S)Nc1ccc(N)cc1. The molecule has 4 N–H and O–H groups in total. The summed E-state index contributed by atoms with van der Waals surface area (Å²) in [7, 11) is 0. The summed E-state index contributed by atoms with van der Waals surface area (Å²) >= 11 is 5.31. The van der Waals surface area contributed by atoms with E-state index >= 15 is 0 Å². The van der Waals surface area contributed by atoms with Crippen LogP contribution in [0.25, 0.3) is 0 Å². The van der Waals surface area contributed by atoms with Crippen molar-refractivity contribution in [2.75, 3.05) is 11.1 Å². The Kier molecular flexibility index (Phi) is 4.96. The Labute approximate surface area is 125 Å². The second-order valence-corrected chi connectivity index (χ2v) is 5.22. The number of nitrogens with one attached hydrogen (secondary N) is 2. The fraction of sp³-hybridized carbons (Fsp3) is 0.188. The van der Waals surface area contributed by atoms with Crippen molar-refractivity contribution in [3.8, 4) is 0 Å². The Hall–Kier alpha value is -2.07. The molecular weight excluding hydrogens is 266 g/mol. The molecule has 0 amide bonds. The monoisotopic (exact) mass is 285 g/mol. The lowest BCUT2D eigenvalue weighted by molar-refractivity contribution is 0.664. The van der Waals surface area contributed by atoms with Gasteiger partial charge in [-0.3, -0.25) is 0 Å². The molecule has 0 radical (unpaired) electrons. The third-order valence-electron chi connectivity index (χ3n) is 2.93. The third-order valence-corrected chi connectivity index (χ3v) is 3.15. The van der Waals surface area contributed by atoms with Crippen molar-refractivity contribution in [3.63, 3.8) is 0 Å². The maximum atomic E-state index is 5.65. The lowest BCUT2D eigenvalue weighted by Gasteiger charge is -2.17. The van der Waals surface area contributed by atoms with Gasteiger partial charge < -0.3 is 16.4 Å². The fourth-order valence-electron chi connectivity index (χ4n) is 1.98. The molecular formula is C16H19N3S. The minimum Gasteiger partial charge on any atom is -0.399 e. The van der Waals surface area contributed by atoms with Gasteiger partial charge in [-0.05, 0) is 55.4 Å². The topological polar surface area (TPSA) is 50.1 Å². The highest BCUT2D eigenvalue weighted by Crippen LogP contribution is 2.10. The molecule has 0 aliphatic heterocycles. The molecule has 104 valence electrons. The largest absolute Gasteiger partial charge is 0.399 e. The highest BCUT2D eigenvalue weighted by molar-refractivity contribution is 7.80. The summed E-state index contributed by atoms with van der Waals surface area (Å²) in [6, 6.07) is 18.1. The van der Waals surface area contributed by atoms with Crippen LogP contribution >= 0.6 is 12.2 Å². The van der Waals surface area contributed by atoms with Crippen LogP contribution in [0.2, 0.25) is 0 Å². The number of anilines is 2. The molecule has 2 rings (SSSR count). The smallest absolute Gasteiger partial charge is 0.170 e. The average molecular weight is 285 g/mol. The normalized spacial score (nSPS) is 11.7. The van der Waals surface area contributed by atoms with Crippen LogP contribution in [0.5, 0.6) is 0 Å². The van der Waals surface area contributed by atoms with Crippen molar-refractivity contribution < 1.29 is 0 Å². The molecule has 0 bridgehead atoms. The Bertz CT molecular complexity index is 552. The molecule has 2 aromatic rings. The molecule has 0 spiro atoms. The van der Waals surface area contributed by atoms with Crippen LogP contribution in [0.15, 0.2) is 54.6 Å². The van der Waals surface area contributed by atoms with E-state index in [1.165, 1.54) is 5.56 Å². The number of benzene rings is 2. The van der Waals surface area contributed by atoms with Crippen molar-refractivity contribution in [1.82, 2.24) is 5.32 Å². The Morgan fingerprint density at radius 1 is 1.10 bits per heavy atom. The zero-order valence-electron chi connectivity index (χ0n) is 11.5. The molecule has 0 aliphatic carbocycles. The summed E-state index contributed by atoms with van der Waals surface area (Å²) in [6.07, 6.45) is 0.935. The molecule has 3 nitrogen and oxygen atoms in total. The van der Waals surface area contributed by atoms with E-state index < -0.39 is 0 Å². The molecule has 20 heavy (non-hydrogen) atoms. The van der Waals surface area contributed by atoms with Crippen molar-refractivity contribution in [2.24, 2.45) is 0 Å². The second-order valence-electron chi connectivity index (χ2n) is 4.81. The maximum Gasteiger partial charge on any atom is 0.170 e. The van der Waals surface area contributed by atoms with Crippen LogP contribution in [0, 0.1) is 0 Å². The molecule has 0 aliphatic rings. The van der Waals surface area contributed by atoms with E-state index in [9.17, 15) is 0 Å². The summed E-state index contributed by atoms with van der Waals surface area (Å²) in [6.45, 7) is 2.12. The minimum atomic E-state index is 0.270. The van der Waals surface area contributed by atoms with Gasteiger partial charge in [-0.15, -0.1) is 0 Å². The van der Waals surface area contributed by atoms with Crippen molar-refractivity contribution in [3.05, 3.63) is 60.2 Å². The van der Waals surface area contributed by atoms with Crippen LogP contribution in [-0.2, 0) is 6.42 Å². The first-order chi connectivity index (χ1) is 9.63. The van der Waals surface area contributed by atoms with Crippen LogP contribution < -0.4 is 16.4 Å². The fourth-order valence-corrected chi connectivity index (χ4v) is 2.30. The predicted octanol–water partition coefficient (Wildman–Crippen LogP) is 3.19. The van der Waals surface area contributed by atoms with Gasteiger partial charge in [-0.2, -0.15) is 0 Å². The molecule has 2 aromatic carbocycles. The lowest BCUT2D eigenvalue weighted by Crippen LogP contribution is -2.37. The van der Waals surface area contributed by atoms with Gasteiger partial charge in [0.2, 0.25) is 0 Å². The number of nitrogen functional groups attached to an aromatic ring is 1. The van der Waals surface area contributed by atoms with Crippen molar-refractivity contribution >= 4 is 28.7 Å². The highest BCUT2D eigenvalue weighted by atomic mass is 32.1. The first-order valence-corrected chi connectivity index (χ1v) is 7.01. The quantitative estimate of drug-likeness (QED) is 0.596. The molecule has 0 fully saturated rings. The van der Waals surface area contributed by atoms with Crippen LogP contribution in [0.4, 0.5) is 11.4 Å². The number of hydrogen-bond acceptors (Lipinski definition) is 2. The third kappa shape index (κ3) is 4.55. The van der Waals surface area contributed by atoms with Gasteiger partial charge in [0.05, 0.1) is 0 Å². The lowest BCUT2D eigenvalue weighted by atomic mass is 10.1. The summed E-state index contributed by atoms with van der Waals surface area (Å²) in [5.41, 5.74) is 8.62. The maximum absolute atomic E-state index is 5.65. The van der Waals surface area contributed by atoms with Crippen molar-refractivity contribution in [2.45, 2.75) is 19.4 Å². The first-order valence-electron chi connectivity index (χ1n) is 6.60. The standard InChI is InChI=1S/C16H19N3S/c1-12(11-13-5-3-2-4-6-13)18-16(20)19-15-9-7-14(17)8-10-15/h2-10,12H,11,17H2,1H3,(H2,18,19,20). The van der Waals surface area contributed by atoms with E-state index in [4.69, 9.17) is 18.0 Å². The highest BCUT2D eigenvalue weighted by Gasteiger charge is 2.05. The van der Waals surface area contributed by atoms with E-state index in [1.807, 2.05) is 42.5 Å². The zero-order chi connectivity index (χ0) is 14.4. The molecule has 0 saturated carbocycles. The minimum absolute atomic E-state index is 0.270. The number of thiocarbonyl (C=S) groups is 1. The Morgan fingerprint density at radius 3 is 2.40 bits per heavy atom. The zero-order valence-corrected chi connectivity index (χ0v) is 12.3. The van der Waals surface area contributed by atoms with Gasteiger partial charge in [0.1, 0.15) is 0 Å². The Balaban J connectivity index is 1.83. The van der Waals surface area contributed by atoms with E-state index in [2.05, 4.69) is 29.7 Å². The number of hydrogen-bond donors (Lipinski definition) is 3. The summed E-state index contributed by atoms with van der Waals surface area (Å²) in [5, 5.41) is 7.05. The van der Waals surface area contributed by atoms with Gasteiger partial charge in [-0.25, -0.2) is 0 Å². The van der Waals surface area contributed by atoms with Crippen molar-refractivity contribution in [1.29, 1.82) is 0 Å². The van der Waals surface area contributed by atoms with Gasteiger partial charge in [-0.1, -0.05) is 30.3 Å². The molecule has 0 aromatic heterocycles. The summed E-state index contributed by atoms with van der Waals surface area (Å²) in [4.78, 5) is 0. The van der Waals surface area contributed by atoms with Gasteiger partial charge in [0, 0.05) is 17.4 Å². The van der Waals surface area contributed by atoms with Gasteiger partial charge >= 0.3 is 0 Å². The van der Waals surface area contributed by atoms with Crippen LogP contribution in [0.3, 0.4) is 0 Å². The van der Waals surface area contributed by atoms with Gasteiger partial charge in [0.15, 0.2) is 5.11 Å². The van der Waals surface area contributed by atoms with E-state index in [0.717, 1.165) is 17.8 Å². The number of nitrogens with two attached hydrogens (primary N) is 1. The summed E-state index contributed by atoms with van der Waals surface area (Å²) < 4.78 is 0.